The maximum atomic E-state index is 6.09. The number of ether oxygens (including phenoxy) is 1. The van der Waals surface area contributed by atoms with Crippen LogP contribution in [0.2, 0.25) is 0 Å². The van der Waals surface area contributed by atoms with Crippen molar-refractivity contribution in [2.75, 3.05) is 19.7 Å². The summed E-state index contributed by atoms with van der Waals surface area (Å²) in [5.41, 5.74) is 6.09. The normalized spacial score (nSPS) is 29.2. The summed E-state index contributed by atoms with van der Waals surface area (Å²) in [6.07, 6.45) is 3.95. The van der Waals surface area contributed by atoms with Crippen molar-refractivity contribution in [3.05, 3.63) is 0 Å². The molecule has 4 unspecified atom stereocenters. The monoisotopic (exact) mass is 228 g/mol. The minimum Gasteiger partial charge on any atom is -0.378 e. The molecule has 1 aliphatic heterocycles. The molecule has 4 atom stereocenters. The Morgan fingerprint density at radius 2 is 2.19 bits per heavy atom. The van der Waals surface area contributed by atoms with Crippen LogP contribution < -0.4 is 11.1 Å². The maximum absolute atomic E-state index is 6.09. The van der Waals surface area contributed by atoms with Crippen LogP contribution >= 0.6 is 0 Å². The number of rotatable bonds is 7. The molecule has 0 aromatic carbocycles. The molecule has 1 fully saturated rings. The molecule has 0 aromatic rings. The summed E-state index contributed by atoms with van der Waals surface area (Å²) in [7, 11) is 0. The predicted octanol–water partition coefficient (Wildman–Crippen LogP) is 1.76. The molecule has 3 N–H and O–H groups in total. The molecule has 1 rings (SSSR count). The fourth-order valence-electron chi connectivity index (χ4n) is 2.32. The summed E-state index contributed by atoms with van der Waals surface area (Å²) in [6.45, 7) is 9.54. The van der Waals surface area contributed by atoms with Gasteiger partial charge in [0.05, 0.1) is 6.10 Å². The van der Waals surface area contributed by atoms with E-state index in [9.17, 15) is 0 Å². The number of nitrogens with one attached hydrogen (secondary N) is 1. The molecule has 1 aliphatic rings. The van der Waals surface area contributed by atoms with Gasteiger partial charge in [-0.15, -0.1) is 0 Å². The van der Waals surface area contributed by atoms with Crippen LogP contribution in [0.3, 0.4) is 0 Å². The van der Waals surface area contributed by atoms with Crippen molar-refractivity contribution in [1.29, 1.82) is 0 Å². The second-order valence-electron chi connectivity index (χ2n) is 5.07. The van der Waals surface area contributed by atoms with Crippen LogP contribution in [-0.2, 0) is 4.74 Å². The largest absolute Gasteiger partial charge is 0.378 e. The highest BCUT2D eigenvalue weighted by molar-refractivity contribution is 4.78. The first-order valence-electron chi connectivity index (χ1n) is 6.76. The third kappa shape index (κ3) is 4.04. The van der Waals surface area contributed by atoms with Gasteiger partial charge in [0.1, 0.15) is 0 Å². The molecule has 3 nitrogen and oxygen atoms in total. The average molecular weight is 228 g/mol. The van der Waals surface area contributed by atoms with Gasteiger partial charge in [-0.3, -0.25) is 0 Å². The summed E-state index contributed by atoms with van der Waals surface area (Å²) < 4.78 is 5.67. The molecule has 0 bridgehead atoms. The quantitative estimate of drug-likeness (QED) is 0.698. The van der Waals surface area contributed by atoms with E-state index in [1.54, 1.807) is 0 Å². The topological polar surface area (TPSA) is 47.3 Å². The molecule has 0 saturated carbocycles. The van der Waals surface area contributed by atoms with Gasteiger partial charge in [0.15, 0.2) is 0 Å². The maximum Gasteiger partial charge on any atom is 0.0613 e. The summed E-state index contributed by atoms with van der Waals surface area (Å²) in [4.78, 5) is 0. The third-order valence-electron chi connectivity index (χ3n) is 3.91. The lowest BCUT2D eigenvalue weighted by atomic mass is 9.98. The molecule has 16 heavy (non-hydrogen) atoms. The van der Waals surface area contributed by atoms with Crippen LogP contribution in [0, 0.1) is 11.8 Å². The Balaban J connectivity index is 2.15. The Labute approximate surface area is 100 Å². The minimum absolute atomic E-state index is 0.285. The van der Waals surface area contributed by atoms with Crippen molar-refractivity contribution >= 4 is 0 Å². The van der Waals surface area contributed by atoms with Gasteiger partial charge in [-0.1, -0.05) is 27.2 Å². The molecule has 0 aliphatic carbocycles. The van der Waals surface area contributed by atoms with Crippen LogP contribution in [0.5, 0.6) is 0 Å². The van der Waals surface area contributed by atoms with E-state index in [-0.39, 0.29) is 6.04 Å². The Morgan fingerprint density at radius 3 is 2.81 bits per heavy atom. The Morgan fingerprint density at radius 1 is 1.44 bits per heavy atom. The van der Waals surface area contributed by atoms with Crippen molar-refractivity contribution in [3.63, 3.8) is 0 Å². The zero-order valence-corrected chi connectivity index (χ0v) is 11.0. The van der Waals surface area contributed by atoms with Gasteiger partial charge in [0.25, 0.3) is 0 Å². The van der Waals surface area contributed by atoms with E-state index in [0.29, 0.717) is 17.9 Å². The lowest BCUT2D eigenvalue weighted by Gasteiger charge is -2.21. The standard InChI is InChI=1S/C13H28N2O/c1-4-10(3)12(14)9-15-8-11-6-7-16-13(11)5-2/h10-13,15H,4-9,14H2,1-3H3. The van der Waals surface area contributed by atoms with Crippen LogP contribution in [0.4, 0.5) is 0 Å². The van der Waals surface area contributed by atoms with Crippen molar-refractivity contribution in [1.82, 2.24) is 5.32 Å². The number of hydrogen-bond acceptors (Lipinski definition) is 3. The molecule has 0 spiro atoms. The molecule has 1 heterocycles. The second-order valence-corrected chi connectivity index (χ2v) is 5.07. The highest BCUT2D eigenvalue weighted by Gasteiger charge is 2.26. The summed E-state index contributed by atoms with van der Waals surface area (Å²) in [5.74, 6) is 1.29. The molecule has 96 valence electrons. The molecule has 0 radical (unpaired) electrons. The Hall–Kier alpha value is -0.120. The van der Waals surface area contributed by atoms with E-state index < -0.39 is 0 Å². The van der Waals surface area contributed by atoms with Gasteiger partial charge in [-0.25, -0.2) is 0 Å². The third-order valence-corrected chi connectivity index (χ3v) is 3.91. The molecule has 0 aromatic heterocycles. The van der Waals surface area contributed by atoms with Crippen molar-refractivity contribution < 1.29 is 4.74 Å². The first-order valence-corrected chi connectivity index (χ1v) is 6.76. The lowest BCUT2D eigenvalue weighted by molar-refractivity contribution is 0.0871. The molecule has 0 amide bonds. The van der Waals surface area contributed by atoms with Crippen molar-refractivity contribution in [2.45, 2.75) is 52.2 Å². The number of nitrogens with two attached hydrogens (primary N) is 1. The first kappa shape index (κ1) is 13.9. The van der Waals surface area contributed by atoms with E-state index in [1.807, 2.05) is 0 Å². The Kier molecular flexibility index (Phi) is 6.32. The van der Waals surface area contributed by atoms with Gasteiger partial charge in [-0.2, -0.15) is 0 Å². The smallest absolute Gasteiger partial charge is 0.0613 e. The Bertz CT molecular complexity index is 187. The highest BCUT2D eigenvalue weighted by atomic mass is 16.5. The zero-order chi connectivity index (χ0) is 12.0. The van der Waals surface area contributed by atoms with Gasteiger partial charge < -0.3 is 15.8 Å². The van der Waals surface area contributed by atoms with Crippen LogP contribution in [0.25, 0.3) is 0 Å². The fraction of sp³-hybridized carbons (Fsp3) is 1.00. The highest BCUT2D eigenvalue weighted by Crippen LogP contribution is 2.22. The van der Waals surface area contributed by atoms with Gasteiger partial charge in [-0.05, 0) is 24.7 Å². The lowest BCUT2D eigenvalue weighted by Crippen LogP contribution is -2.41. The van der Waals surface area contributed by atoms with E-state index in [2.05, 4.69) is 26.1 Å². The first-order chi connectivity index (χ1) is 7.69. The minimum atomic E-state index is 0.285. The molecular weight excluding hydrogens is 200 g/mol. The average Bonchev–Trinajstić information content (AvgIpc) is 2.75. The van der Waals surface area contributed by atoms with Crippen molar-refractivity contribution in [3.8, 4) is 0 Å². The molecule has 1 saturated heterocycles. The van der Waals surface area contributed by atoms with Crippen molar-refractivity contribution in [2.24, 2.45) is 17.6 Å². The van der Waals surface area contributed by atoms with Crippen LogP contribution in [-0.4, -0.2) is 31.8 Å². The van der Waals surface area contributed by atoms with E-state index in [0.717, 1.165) is 32.5 Å². The van der Waals surface area contributed by atoms with Gasteiger partial charge in [0, 0.05) is 25.7 Å². The van der Waals surface area contributed by atoms with E-state index >= 15 is 0 Å². The van der Waals surface area contributed by atoms with Crippen LogP contribution in [0.1, 0.15) is 40.0 Å². The van der Waals surface area contributed by atoms with E-state index in [4.69, 9.17) is 10.5 Å². The zero-order valence-electron chi connectivity index (χ0n) is 11.0. The summed E-state index contributed by atoms with van der Waals surface area (Å²) in [5, 5.41) is 3.50. The summed E-state index contributed by atoms with van der Waals surface area (Å²) >= 11 is 0. The molecular formula is C13H28N2O. The second kappa shape index (κ2) is 7.25. The molecule has 3 heteroatoms. The predicted molar refractivity (Wildman–Crippen MR) is 68.4 cm³/mol. The van der Waals surface area contributed by atoms with Crippen LogP contribution in [0.15, 0.2) is 0 Å². The van der Waals surface area contributed by atoms with E-state index in [1.165, 1.54) is 6.42 Å². The van der Waals surface area contributed by atoms with Gasteiger partial charge in [0.2, 0.25) is 0 Å². The van der Waals surface area contributed by atoms with Gasteiger partial charge >= 0.3 is 0 Å². The SMILES string of the molecule is CCC(C)C(N)CNCC1CCOC1CC. The number of hydrogen-bond donors (Lipinski definition) is 2. The summed E-state index contributed by atoms with van der Waals surface area (Å²) in [6, 6.07) is 0.285. The fourth-order valence-corrected chi connectivity index (χ4v) is 2.32.